The Bertz CT molecular complexity index is 449. The van der Waals surface area contributed by atoms with E-state index in [1.54, 1.807) is 0 Å². The smallest absolute Gasteiger partial charge is 0.191 e. The van der Waals surface area contributed by atoms with Gasteiger partial charge in [0.15, 0.2) is 5.96 Å². The largest absolute Gasteiger partial charge is 0.377 e. The molecule has 146 valence electrons. The molecular formula is C19H37IN4O. The van der Waals surface area contributed by atoms with Gasteiger partial charge in [0.05, 0.1) is 6.10 Å². The van der Waals surface area contributed by atoms with Gasteiger partial charge in [0.2, 0.25) is 0 Å². The van der Waals surface area contributed by atoms with Crippen LogP contribution >= 0.6 is 24.0 Å². The molecule has 2 N–H and O–H groups in total. The Hall–Kier alpha value is -0.0800. The van der Waals surface area contributed by atoms with E-state index >= 15 is 0 Å². The van der Waals surface area contributed by atoms with Crippen molar-refractivity contribution in [2.24, 2.45) is 22.2 Å². The first-order valence-electron chi connectivity index (χ1n) is 9.83. The van der Waals surface area contributed by atoms with Gasteiger partial charge in [-0.15, -0.1) is 24.0 Å². The van der Waals surface area contributed by atoms with Gasteiger partial charge in [-0.1, -0.05) is 20.8 Å². The van der Waals surface area contributed by atoms with Crippen LogP contribution in [0.25, 0.3) is 0 Å². The zero-order valence-corrected chi connectivity index (χ0v) is 18.7. The summed E-state index contributed by atoms with van der Waals surface area (Å²) in [6, 6.07) is 0.472. The molecule has 2 aliphatic heterocycles. The molecule has 6 heteroatoms. The number of aliphatic imine (C=N–C) groups is 1. The molecule has 2 saturated heterocycles. The average molecular weight is 464 g/mol. The molecule has 0 spiro atoms. The summed E-state index contributed by atoms with van der Waals surface area (Å²) < 4.78 is 5.88. The van der Waals surface area contributed by atoms with Crippen LogP contribution in [0, 0.1) is 17.3 Å². The van der Waals surface area contributed by atoms with Crippen LogP contribution in [-0.4, -0.2) is 62.8 Å². The number of fused-ring (bicyclic) bond motifs is 1. The van der Waals surface area contributed by atoms with E-state index in [1.165, 1.54) is 45.3 Å². The molecule has 3 atom stereocenters. The number of nitrogens with one attached hydrogen (secondary N) is 2. The second kappa shape index (κ2) is 9.22. The van der Waals surface area contributed by atoms with Crippen LogP contribution in [0.4, 0.5) is 0 Å². The summed E-state index contributed by atoms with van der Waals surface area (Å²) in [4.78, 5) is 7.03. The third-order valence-electron chi connectivity index (χ3n) is 6.44. The highest BCUT2D eigenvalue weighted by Crippen LogP contribution is 2.52. The summed E-state index contributed by atoms with van der Waals surface area (Å²) in [5.41, 5.74) is 0.198. The summed E-state index contributed by atoms with van der Waals surface area (Å²) in [5, 5.41) is 7.16. The Balaban J connectivity index is 0.00000225. The van der Waals surface area contributed by atoms with Gasteiger partial charge in [-0.3, -0.25) is 4.99 Å². The number of hydrogen-bond donors (Lipinski definition) is 2. The first-order valence-corrected chi connectivity index (χ1v) is 9.83. The van der Waals surface area contributed by atoms with Gasteiger partial charge in [0.1, 0.15) is 0 Å². The maximum absolute atomic E-state index is 5.88. The zero-order valence-electron chi connectivity index (χ0n) is 16.4. The van der Waals surface area contributed by atoms with Gasteiger partial charge in [-0.05, 0) is 51.2 Å². The number of hydrogen-bond acceptors (Lipinski definition) is 3. The number of rotatable bonds is 5. The van der Waals surface area contributed by atoms with Crippen molar-refractivity contribution in [1.82, 2.24) is 15.5 Å². The first kappa shape index (κ1) is 21.2. The Morgan fingerprint density at radius 3 is 2.64 bits per heavy atom. The van der Waals surface area contributed by atoms with E-state index in [0.717, 1.165) is 25.0 Å². The minimum absolute atomic E-state index is 0. The van der Waals surface area contributed by atoms with Crippen LogP contribution in [0.5, 0.6) is 0 Å². The van der Waals surface area contributed by atoms with Crippen molar-refractivity contribution in [3.8, 4) is 0 Å². The van der Waals surface area contributed by atoms with Crippen LogP contribution in [0.15, 0.2) is 4.99 Å². The van der Waals surface area contributed by atoms with Crippen molar-refractivity contribution < 1.29 is 4.74 Å². The lowest BCUT2D eigenvalue weighted by molar-refractivity contribution is -0.106. The fourth-order valence-electron chi connectivity index (χ4n) is 4.75. The third kappa shape index (κ3) is 4.80. The maximum Gasteiger partial charge on any atom is 0.191 e. The molecule has 1 saturated carbocycles. The molecule has 0 bridgehead atoms. The van der Waals surface area contributed by atoms with Crippen molar-refractivity contribution in [3.05, 3.63) is 0 Å². The topological polar surface area (TPSA) is 48.9 Å². The fourth-order valence-corrected chi connectivity index (χ4v) is 4.75. The zero-order chi connectivity index (χ0) is 17.2. The first-order chi connectivity index (χ1) is 11.5. The molecule has 0 aromatic heterocycles. The lowest BCUT2D eigenvalue weighted by atomic mass is 9.57. The lowest BCUT2D eigenvalue weighted by Crippen LogP contribution is -2.68. The predicted molar refractivity (Wildman–Crippen MR) is 115 cm³/mol. The van der Waals surface area contributed by atoms with Gasteiger partial charge in [0, 0.05) is 37.6 Å². The summed E-state index contributed by atoms with van der Waals surface area (Å²) >= 11 is 0. The summed E-state index contributed by atoms with van der Waals surface area (Å²) in [6.45, 7) is 12.6. The van der Waals surface area contributed by atoms with Crippen LogP contribution in [0.1, 0.15) is 46.5 Å². The highest BCUT2D eigenvalue weighted by atomic mass is 127. The normalized spacial score (nSPS) is 32.5. The van der Waals surface area contributed by atoms with E-state index in [4.69, 9.17) is 4.74 Å². The van der Waals surface area contributed by atoms with Crippen molar-refractivity contribution in [3.63, 3.8) is 0 Å². The Labute approximate surface area is 170 Å². The Kier molecular flexibility index (Phi) is 7.83. The van der Waals surface area contributed by atoms with E-state index in [0.29, 0.717) is 18.1 Å². The number of piperidine rings is 1. The summed E-state index contributed by atoms with van der Waals surface area (Å²) in [5.74, 6) is 2.51. The molecule has 25 heavy (non-hydrogen) atoms. The van der Waals surface area contributed by atoms with Crippen LogP contribution in [0.2, 0.25) is 0 Å². The second-order valence-corrected chi connectivity index (χ2v) is 8.56. The van der Waals surface area contributed by atoms with Gasteiger partial charge in [-0.25, -0.2) is 0 Å². The van der Waals surface area contributed by atoms with Crippen LogP contribution in [0.3, 0.4) is 0 Å². The quantitative estimate of drug-likeness (QED) is 0.284. The van der Waals surface area contributed by atoms with E-state index in [1.807, 2.05) is 7.05 Å². The third-order valence-corrected chi connectivity index (χ3v) is 6.44. The fraction of sp³-hybridized carbons (Fsp3) is 0.947. The lowest BCUT2D eigenvalue weighted by Gasteiger charge is -2.54. The number of guanidine groups is 1. The van der Waals surface area contributed by atoms with Crippen LogP contribution in [-0.2, 0) is 4.74 Å². The van der Waals surface area contributed by atoms with E-state index < -0.39 is 0 Å². The average Bonchev–Trinajstić information content (AvgIpc) is 3.03. The summed E-state index contributed by atoms with van der Waals surface area (Å²) in [7, 11) is 1.87. The molecular weight excluding hydrogens is 427 g/mol. The number of likely N-dealkylation sites (tertiary alicyclic amines) is 1. The highest BCUT2D eigenvalue weighted by Gasteiger charge is 2.59. The molecule has 3 unspecified atom stereocenters. The van der Waals surface area contributed by atoms with Crippen molar-refractivity contribution in [2.75, 3.05) is 39.8 Å². The van der Waals surface area contributed by atoms with Crippen molar-refractivity contribution >= 4 is 29.9 Å². The van der Waals surface area contributed by atoms with Crippen molar-refractivity contribution in [1.29, 1.82) is 0 Å². The molecule has 0 amide bonds. The molecule has 1 aliphatic carbocycles. The van der Waals surface area contributed by atoms with Gasteiger partial charge in [0.25, 0.3) is 0 Å². The standard InChI is InChI=1S/C19H36N4O.HI/c1-14-6-11-23(12-7-14)10-5-9-21-18(20-4)22-16-15-8-13-24-17(15)19(16,2)3;/h14-17H,5-13H2,1-4H3,(H2,20,21,22);1H. The number of halogens is 1. The molecule has 2 heterocycles. The Morgan fingerprint density at radius 2 is 1.96 bits per heavy atom. The summed E-state index contributed by atoms with van der Waals surface area (Å²) in [6.07, 6.45) is 5.50. The molecule has 3 aliphatic rings. The van der Waals surface area contributed by atoms with Gasteiger partial charge in [-0.2, -0.15) is 0 Å². The van der Waals surface area contributed by atoms with E-state index in [2.05, 4.69) is 41.3 Å². The molecule has 0 aromatic rings. The SMILES string of the molecule is CN=C(NCCCN1CCC(C)CC1)NC1C2CCOC2C1(C)C.I. The van der Waals surface area contributed by atoms with E-state index in [-0.39, 0.29) is 29.4 Å². The second-order valence-electron chi connectivity index (χ2n) is 8.56. The molecule has 0 radical (unpaired) electrons. The number of ether oxygens (including phenoxy) is 1. The number of nitrogens with zero attached hydrogens (tertiary/aromatic N) is 2. The molecule has 3 fully saturated rings. The van der Waals surface area contributed by atoms with Crippen molar-refractivity contribution in [2.45, 2.75) is 58.6 Å². The predicted octanol–water partition coefficient (Wildman–Crippen LogP) is 2.70. The Morgan fingerprint density at radius 1 is 1.24 bits per heavy atom. The van der Waals surface area contributed by atoms with Gasteiger partial charge < -0.3 is 20.3 Å². The van der Waals surface area contributed by atoms with Gasteiger partial charge >= 0.3 is 0 Å². The molecule has 5 nitrogen and oxygen atoms in total. The molecule has 0 aromatic carbocycles. The minimum Gasteiger partial charge on any atom is -0.377 e. The van der Waals surface area contributed by atoms with E-state index in [9.17, 15) is 0 Å². The highest BCUT2D eigenvalue weighted by molar-refractivity contribution is 14.0. The monoisotopic (exact) mass is 464 g/mol. The maximum atomic E-state index is 5.88. The minimum atomic E-state index is 0. The van der Waals surface area contributed by atoms with Crippen LogP contribution < -0.4 is 10.6 Å². The molecule has 3 rings (SSSR count).